The first kappa shape index (κ1) is 15.0. The lowest BCUT2D eigenvalue weighted by molar-refractivity contribution is -0.144. The van der Waals surface area contributed by atoms with Gasteiger partial charge in [0.25, 0.3) is 0 Å². The van der Waals surface area contributed by atoms with Crippen LogP contribution in [-0.4, -0.2) is 41.4 Å². The van der Waals surface area contributed by atoms with Gasteiger partial charge in [-0.15, -0.1) is 0 Å². The molecule has 2 saturated heterocycles. The number of carbonyl (C=O) groups excluding carboxylic acids is 2. The van der Waals surface area contributed by atoms with E-state index < -0.39 is 5.54 Å². The first-order valence-electron chi connectivity index (χ1n) is 8.02. The van der Waals surface area contributed by atoms with Crippen molar-refractivity contribution >= 4 is 11.8 Å². The van der Waals surface area contributed by atoms with E-state index in [4.69, 9.17) is 5.73 Å². The molecule has 5 nitrogen and oxygen atoms in total. The van der Waals surface area contributed by atoms with Crippen molar-refractivity contribution in [1.82, 2.24) is 10.2 Å². The quantitative estimate of drug-likeness (QED) is 0.865. The Labute approximate surface area is 130 Å². The van der Waals surface area contributed by atoms with Gasteiger partial charge in [-0.1, -0.05) is 30.3 Å². The van der Waals surface area contributed by atoms with Gasteiger partial charge < -0.3 is 16.0 Å². The monoisotopic (exact) mass is 301 g/mol. The Balaban J connectivity index is 1.87. The van der Waals surface area contributed by atoms with Gasteiger partial charge in [0.2, 0.25) is 11.8 Å². The first-order chi connectivity index (χ1) is 10.6. The molecule has 0 saturated carbocycles. The second-order valence-corrected chi connectivity index (χ2v) is 6.30. The highest BCUT2D eigenvalue weighted by Gasteiger charge is 2.49. The second-order valence-electron chi connectivity index (χ2n) is 6.30. The fourth-order valence-corrected chi connectivity index (χ4v) is 3.74. The van der Waals surface area contributed by atoms with Gasteiger partial charge in [0, 0.05) is 13.0 Å². The van der Waals surface area contributed by atoms with Crippen LogP contribution in [0.15, 0.2) is 30.3 Å². The van der Waals surface area contributed by atoms with E-state index in [0.29, 0.717) is 19.4 Å². The third-order valence-corrected chi connectivity index (χ3v) is 4.91. The van der Waals surface area contributed by atoms with E-state index in [-0.39, 0.29) is 17.9 Å². The molecule has 0 aromatic heterocycles. The summed E-state index contributed by atoms with van der Waals surface area (Å²) in [5.74, 6) is -0.357. The second kappa shape index (κ2) is 6.08. The molecule has 0 bridgehead atoms. The fourth-order valence-electron chi connectivity index (χ4n) is 3.74. The van der Waals surface area contributed by atoms with Crippen LogP contribution in [-0.2, 0) is 16.0 Å². The van der Waals surface area contributed by atoms with E-state index in [0.717, 1.165) is 31.4 Å². The number of carbonyl (C=O) groups is 2. The van der Waals surface area contributed by atoms with E-state index in [2.05, 4.69) is 5.32 Å². The summed E-state index contributed by atoms with van der Waals surface area (Å²) in [7, 11) is 0. The third-order valence-electron chi connectivity index (χ3n) is 4.91. The average molecular weight is 301 g/mol. The summed E-state index contributed by atoms with van der Waals surface area (Å²) in [5.41, 5.74) is 5.92. The van der Waals surface area contributed by atoms with Gasteiger partial charge in [0.15, 0.2) is 0 Å². The number of nitrogens with one attached hydrogen (secondary N) is 1. The molecule has 2 heterocycles. The fraction of sp³-hybridized carbons (Fsp3) is 0.529. The Bertz CT molecular complexity index is 554. The van der Waals surface area contributed by atoms with Gasteiger partial charge >= 0.3 is 0 Å². The summed E-state index contributed by atoms with van der Waals surface area (Å²) in [6.07, 6.45) is 3.83. The summed E-state index contributed by atoms with van der Waals surface area (Å²) < 4.78 is 0. The van der Waals surface area contributed by atoms with Crippen molar-refractivity contribution in [2.75, 3.05) is 13.1 Å². The van der Waals surface area contributed by atoms with Gasteiger partial charge in [-0.3, -0.25) is 9.59 Å². The van der Waals surface area contributed by atoms with Crippen LogP contribution in [0.2, 0.25) is 0 Å². The van der Waals surface area contributed by atoms with E-state index in [1.165, 1.54) is 0 Å². The van der Waals surface area contributed by atoms with Gasteiger partial charge in [-0.25, -0.2) is 0 Å². The van der Waals surface area contributed by atoms with Gasteiger partial charge in [-0.2, -0.15) is 0 Å². The van der Waals surface area contributed by atoms with Crippen LogP contribution in [0.25, 0.3) is 0 Å². The predicted octanol–water partition coefficient (Wildman–Crippen LogP) is 0.828. The minimum Gasteiger partial charge on any atom is -0.368 e. The van der Waals surface area contributed by atoms with Crippen molar-refractivity contribution in [2.24, 2.45) is 5.73 Å². The largest absolute Gasteiger partial charge is 0.368 e. The third kappa shape index (κ3) is 2.61. The van der Waals surface area contributed by atoms with Gasteiger partial charge in [-0.05, 0) is 37.8 Å². The number of hydrogen-bond donors (Lipinski definition) is 2. The first-order valence-corrected chi connectivity index (χ1v) is 8.02. The molecule has 0 spiro atoms. The van der Waals surface area contributed by atoms with E-state index in [9.17, 15) is 9.59 Å². The van der Waals surface area contributed by atoms with Crippen LogP contribution in [0.4, 0.5) is 0 Å². The van der Waals surface area contributed by atoms with Crippen molar-refractivity contribution in [2.45, 2.75) is 43.7 Å². The zero-order valence-corrected chi connectivity index (χ0v) is 12.8. The van der Waals surface area contributed by atoms with Crippen LogP contribution in [0, 0.1) is 0 Å². The zero-order chi connectivity index (χ0) is 15.6. The molecule has 3 rings (SSSR count). The number of amides is 2. The molecule has 0 unspecified atom stereocenters. The van der Waals surface area contributed by atoms with Crippen LogP contribution >= 0.6 is 0 Å². The molecule has 0 radical (unpaired) electrons. The zero-order valence-electron chi connectivity index (χ0n) is 12.8. The van der Waals surface area contributed by atoms with Crippen molar-refractivity contribution in [1.29, 1.82) is 0 Å². The number of nitrogens with two attached hydrogens (primary N) is 1. The molecule has 2 aliphatic heterocycles. The van der Waals surface area contributed by atoms with Crippen molar-refractivity contribution in [3.8, 4) is 0 Å². The molecular weight excluding hydrogens is 278 g/mol. The highest BCUT2D eigenvalue weighted by atomic mass is 16.2. The Morgan fingerprint density at radius 3 is 2.68 bits per heavy atom. The topological polar surface area (TPSA) is 75.4 Å². The van der Waals surface area contributed by atoms with Crippen molar-refractivity contribution in [3.63, 3.8) is 0 Å². The van der Waals surface area contributed by atoms with Gasteiger partial charge in [0.05, 0.1) is 6.04 Å². The molecule has 5 heteroatoms. The van der Waals surface area contributed by atoms with E-state index >= 15 is 0 Å². The minimum absolute atomic E-state index is 0.0322. The Morgan fingerprint density at radius 1 is 1.27 bits per heavy atom. The van der Waals surface area contributed by atoms with E-state index in [1.54, 1.807) is 4.90 Å². The number of hydrogen-bond acceptors (Lipinski definition) is 3. The maximum atomic E-state index is 12.8. The lowest BCUT2D eigenvalue weighted by Crippen LogP contribution is -2.60. The summed E-state index contributed by atoms with van der Waals surface area (Å²) in [5, 5.41) is 3.23. The molecule has 2 atom stereocenters. The Hall–Kier alpha value is -1.88. The highest BCUT2D eigenvalue weighted by Crippen LogP contribution is 2.34. The number of likely N-dealkylation sites (tertiary alicyclic amines) is 1. The molecule has 2 aliphatic rings. The maximum Gasteiger partial charge on any atom is 0.243 e. The highest BCUT2D eigenvalue weighted by molar-refractivity contribution is 5.93. The number of benzene rings is 1. The van der Waals surface area contributed by atoms with Crippen molar-refractivity contribution in [3.05, 3.63) is 35.9 Å². The normalized spacial score (nSPS) is 28.0. The smallest absolute Gasteiger partial charge is 0.243 e. The summed E-state index contributed by atoms with van der Waals surface area (Å²) in [4.78, 5) is 26.8. The van der Waals surface area contributed by atoms with Crippen LogP contribution < -0.4 is 11.1 Å². The molecule has 0 aliphatic carbocycles. The predicted molar refractivity (Wildman–Crippen MR) is 84.0 cm³/mol. The Morgan fingerprint density at radius 2 is 2.05 bits per heavy atom. The van der Waals surface area contributed by atoms with Crippen LogP contribution in [0.3, 0.4) is 0 Å². The van der Waals surface area contributed by atoms with Crippen molar-refractivity contribution < 1.29 is 9.59 Å². The molecule has 2 amide bonds. The molecule has 1 aromatic carbocycles. The molecule has 118 valence electrons. The lowest BCUT2D eigenvalue weighted by Gasteiger charge is -2.37. The standard InChI is InChI=1S/C17H23N3O2/c18-16(22)17(12-13-6-2-1-3-7-13)9-5-11-20(17)15(21)14-8-4-10-19-14/h1-3,6-7,14,19H,4-5,8-12H2,(H2,18,22)/t14-,17+/m0/s1. The number of rotatable bonds is 4. The van der Waals surface area contributed by atoms with Crippen LogP contribution in [0.1, 0.15) is 31.2 Å². The summed E-state index contributed by atoms with van der Waals surface area (Å²) in [6, 6.07) is 9.65. The summed E-state index contributed by atoms with van der Waals surface area (Å²) >= 11 is 0. The summed E-state index contributed by atoms with van der Waals surface area (Å²) in [6.45, 7) is 1.49. The molecule has 22 heavy (non-hydrogen) atoms. The number of primary amides is 1. The van der Waals surface area contributed by atoms with Crippen LogP contribution in [0.5, 0.6) is 0 Å². The lowest BCUT2D eigenvalue weighted by atomic mass is 9.87. The Kier molecular flexibility index (Phi) is 4.16. The molecular formula is C17H23N3O2. The van der Waals surface area contributed by atoms with E-state index in [1.807, 2.05) is 30.3 Å². The maximum absolute atomic E-state index is 12.8. The average Bonchev–Trinajstić information content (AvgIpc) is 3.18. The van der Waals surface area contributed by atoms with Gasteiger partial charge in [0.1, 0.15) is 5.54 Å². The number of nitrogens with zero attached hydrogens (tertiary/aromatic N) is 1. The SMILES string of the molecule is NC(=O)[C@]1(Cc2ccccc2)CCCN1C(=O)[C@@H]1CCCN1. The molecule has 3 N–H and O–H groups in total. The minimum atomic E-state index is -0.872. The molecule has 1 aromatic rings. The molecule has 2 fully saturated rings.